The summed E-state index contributed by atoms with van der Waals surface area (Å²) >= 11 is 0. The summed E-state index contributed by atoms with van der Waals surface area (Å²) in [6, 6.07) is 0. The smallest absolute Gasteiger partial charge is 0.122 e. The van der Waals surface area contributed by atoms with Crippen LogP contribution in [0.3, 0.4) is 0 Å². The molecule has 0 unspecified atom stereocenters. The first-order valence-electron chi connectivity index (χ1n) is 5.17. The highest BCUT2D eigenvalue weighted by Gasteiger charge is 2.47. The van der Waals surface area contributed by atoms with Gasteiger partial charge in [0.05, 0.1) is 6.54 Å². The third-order valence-corrected chi connectivity index (χ3v) is 3.40. The summed E-state index contributed by atoms with van der Waals surface area (Å²) in [5.41, 5.74) is 0.630. The number of hydrogen-bond acceptors (Lipinski definition) is 3. The summed E-state index contributed by atoms with van der Waals surface area (Å²) in [4.78, 5) is 6.81. The second-order valence-electron chi connectivity index (χ2n) is 4.70. The molecule has 4 nitrogen and oxygen atoms in total. The van der Waals surface area contributed by atoms with E-state index in [1.165, 1.54) is 32.0 Å². The quantitative estimate of drug-likeness (QED) is 0.706. The van der Waals surface area contributed by atoms with Gasteiger partial charge in [0.1, 0.15) is 5.82 Å². The van der Waals surface area contributed by atoms with Gasteiger partial charge in [-0.2, -0.15) is 0 Å². The van der Waals surface area contributed by atoms with Crippen molar-refractivity contribution in [2.75, 3.05) is 26.2 Å². The number of rotatable bonds is 2. The van der Waals surface area contributed by atoms with Crippen molar-refractivity contribution >= 4 is 0 Å². The predicted octanol–water partition coefficient (Wildman–Crippen LogP) is -0.175. The molecule has 2 fully saturated rings. The first-order chi connectivity index (χ1) is 6.77. The minimum Gasteiger partial charge on any atom is -0.337 e. The molecule has 2 aliphatic rings. The van der Waals surface area contributed by atoms with Gasteiger partial charge in [0, 0.05) is 51.0 Å². The van der Waals surface area contributed by atoms with Crippen molar-refractivity contribution in [3.8, 4) is 0 Å². The normalized spacial score (nSPS) is 24.6. The molecule has 4 heteroatoms. The molecule has 0 saturated carbocycles. The SMILES string of the molecule is Cn1ccnc1CN1CC2(CNC2)C1. The van der Waals surface area contributed by atoms with E-state index in [2.05, 4.69) is 26.8 Å². The fourth-order valence-electron chi connectivity index (χ4n) is 2.47. The Kier molecular flexibility index (Phi) is 1.69. The molecule has 2 aliphatic heterocycles. The Hall–Kier alpha value is -0.870. The molecule has 1 N–H and O–H groups in total. The Morgan fingerprint density at radius 1 is 1.50 bits per heavy atom. The molecule has 0 amide bonds. The largest absolute Gasteiger partial charge is 0.337 e. The van der Waals surface area contributed by atoms with Gasteiger partial charge >= 0.3 is 0 Å². The molecular weight excluding hydrogens is 176 g/mol. The van der Waals surface area contributed by atoms with Crippen molar-refractivity contribution in [1.29, 1.82) is 0 Å². The van der Waals surface area contributed by atoms with E-state index < -0.39 is 0 Å². The summed E-state index contributed by atoms with van der Waals surface area (Å²) < 4.78 is 2.10. The summed E-state index contributed by atoms with van der Waals surface area (Å²) in [7, 11) is 2.06. The highest BCUT2D eigenvalue weighted by Crippen LogP contribution is 2.34. The summed E-state index contributed by atoms with van der Waals surface area (Å²) in [5, 5.41) is 3.35. The number of likely N-dealkylation sites (tertiary alicyclic amines) is 1. The lowest BCUT2D eigenvalue weighted by atomic mass is 9.74. The van der Waals surface area contributed by atoms with Gasteiger partial charge in [0.15, 0.2) is 0 Å². The molecule has 3 rings (SSSR count). The minimum absolute atomic E-state index is 0.630. The fraction of sp³-hybridized carbons (Fsp3) is 0.700. The van der Waals surface area contributed by atoms with Gasteiger partial charge in [0.25, 0.3) is 0 Å². The molecule has 14 heavy (non-hydrogen) atoms. The maximum absolute atomic E-state index is 4.33. The average molecular weight is 192 g/mol. The van der Waals surface area contributed by atoms with E-state index in [1.807, 2.05) is 12.4 Å². The fourth-order valence-corrected chi connectivity index (χ4v) is 2.47. The van der Waals surface area contributed by atoms with Crippen molar-refractivity contribution < 1.29 is 0 Å². The first-order valence-corrected chi connectivity index (χ1v) is 5.17. The maximum atomic E-state index is 4.33. The van der Waals surface area contributed by atoms with Crippen LogP contribution < -0.4 is 5.32 Å². The Labute approximate surface area is 83.9 Å². The van der Waals surface area contributed by atoms with Gasteiger partial charge in [-0.25, -0.2) is 4.98 Å². The predicted molar refractivity (Wildman–Crippen MR) is 53.8 cm³/mol. The lowest BCUT2D eigenvalue weighted by Crippen LogP contribution is -2.70. The van der Waals surface area contributed by atoms with Gasteiger partial charge in [-0.05, 0) is 0 Å². The molecule has 0 bridgehead atoms. The highest BCUT2D eigenvalue weighted by atomic mass is 15.3. The van der Waals surface area contributed by atoms with Crippen LogP contribution in [0.15, 0.2) is 12.4 Å². The van der Waals surface area contributed by atoms with Gasteiger partial charge in [-0.15, -0.1) is 0 Å². The Morgan fingerprint density at radius 2 is 2.29 bits per heavy atom. The molecule has 1 aromatic rings. The summed E-state index contributed by atoms with van der Waals surface area (Å²) in [6.07, 6.45) is 3.88. The number of nitrogens with zero attached hydrogens (tertiary/aromatic N) is 3. The molecule has 1 spiro atoms. The molecule has 76 valence electrons. The van der Waals surface area contributed by atoms with Crippen LogP contribution in [0.25, 0.3) is 0 Å². The molecule has 0 atom stereocenters. The van der Waals surface area contributed by atoms with Crippen molar-refractivity contribution in [3.63, 3.8) is 0 Å². The maximum Gasteiger partial charge on any atom is 0.122 e. The molecule has 2 saturated heterocycles. The number of nitrogens with one attached hydrogen (secondary N) is 1. The van der Waals surface area contributed by atoms with E-state index in [4.69, 9.17) is 0 Å². The Balaban J connectivity index is 1.58. The van der Waals surface area contributed by atoms with Crippen LogP contribution in [0.2, 0.25) is 0 Å². The molecule has 0 aliphatic carbocycles. The van der Waals surface area contributed by atoms with Gasteiger partial charge in [-0.3, -0.25) is 4.90 Å². The number of aromatic nitrogens is 2. The monoisotopic (exact) mass is 192 g/mol. The number of hydrogen-bond donors (Lipinski definition) is 1. The Morgan fingerprint density at radius 3 is 2.79 bits per heavy atom. The van der Waals surface area contributed by atoms with Crippen LogP contribution in [-0.4, -0.2) is 40.6 Å². The topological polar surface area (TPSA) is 33.1 Å². The van der Waals surface area contributed by atoms with Gasteiger partial charge in [0.2, 0.25) is 0 Å². The van der Waals surface area contributed by atoms with E-state index in [9.17, 15) is 0 Å². The highest BCUT2D eigenvalue weighted by molar-refractivity contribution is 5.05. The van der Waals surface area contributed by atoms with Crippen molar-refractivity contribution in [3.05, 3.63) is 18.2 Å². The van der Waals surface area contributed by atoms with Crippen molar-refractivity contribution in [2.45, 2.75) is 6.54 Å². The molecule has 0 aromatic carbocycles. The van der Waals surface area contributed by atoms with Crippen LogP contribution in [-0.2, 0) is 13.6 Å². The zero-order valence-corrected chi connectivity index (χ0v) is 8.53. The summed E-state index contributed by atoms with van der Waals surface area (Å²) in [5.74, 6) is 1.17. The average Bonchev–Trinajstić information content (AvgIpc) is 2.39. The van der Waals surface area contributed by atoms with Crippen LogP contribution in [0.4, 0.5) is 0 Å². The van der Waals surface area contributed by atoms with Crippen molar-refractivity contribution in [2.24, 2.45) is 12.5 Å². The van der Waals surface area contributed by atoms with Crippen LogP contribution >= 0.6 is 0 Å². The third-order valence-electron chi connectivity index (χ3n) is 3.40. The third kappa shape index (κ3) is 1.18. The second kappa shape index (κ2) is 2.81. The van der Waals surface area contributed by atoms with Crippen LogP contribution in [0, 0.1) is 5.41 Å². The number of aryl methyl sites for hydroxylation is 1. The van der Waals surface area contributed by atoms with E-state index in [1.54, 1.807) is 0 Å². The van der Waals surface area contributed by atoms with Crippen LogP contribution in [0.5, 0.6) is 0 Å². The van der Waals surface area contributed by atoms with E-state index >= 15 is 0 Å². The van der Waals surface area contributed by atoms with E-state index in [0.717, 1.165) is 6.54 Å². The van der Waals surface area contributed by atoms with Gasteiger partial charge < -0.3 is 9.88 Å². The number of imidazole rings is 1. The molecule has 3 heterocycles. The first kappa shape index (κ1) is 8.44. The van der Waals surface area contributed by atoms with E-state index in [-0.39, 0.29) is 0 Å². The zero-order chi connectivity index (χ0) is 9.60. The lowest BCUT2D eigenvalue weighted by Gasteiger charge is -2.56. The zero-order valence-electron chi connectivity index (χ0n) is 8.53. The summed E-state index contributed by atoms with van der Waals surface area (Å²) in [6.45, 7) is 5.92. The molecule has 1 aromatic heterocycles. The Bertz CT molecular complexity index is 332. The van der Waals surface area contributed by atoms with Crippen molar-refractivity contribution in [1.82, 2.24) is 19.8 Å². The van der Waals surface area contributed by atoms with E-state index in [0.29, 0.717) is 5.41 Å². The standard InChI is InChI=1S/C10H16N4/c1-13-3-2-12-9(13)4-14-7-10(8-14)5-11-6-10/h2-3,11H,4-8H2,1H3. The molecule has 0 radical (unpaired) electrons. The minimum atomic E-state index is 0.630. The van der Waals surface area contributed by atoms with Crippen LogP contribution in [0.1, 0.15) is 5.82 Å². The van der Waals surface area contributed by atoms with Gasteiger partial charge in [-0.1, -0.05) is 0 Å². The molecular formula is C10H16N4. The lowest BCUT2D eigenvalue weighted by molar-refractivity contribution is -0.0461. The second-order valence-corrected chi connectivity index (χ2v) is 4.70.